The summed E-state index contributed by atoms with van der Waals surface area (Å²) in [6.45, 7) is -0.429. The summed E-state index contributed by atoms with van der Waals surface area (Å²) >= 11 is 0.699. The van der Waals surface area contributed by atoms with Crippen molar-refractivity contribution in [1.82, 2.24) is 9.97 Å². The number of aliphatic hydroxyl groups is 1. The maximum Gasteiger partial charge on any atom is 0.417 e. The van der Waals surface area contributed by atoms with E-state index < -0.39 is 57.7 Å². The molecule has 0 saturated carbocycles. The molecule has 0 unspecified atom stereocenters. The fraction of sp³-hybridized carbons (Fsp3) is 0.176. The molecular weight excluding hydrogens is 407 g/mol. The lowest BCUT2D eigenvalue weighted by molar-refractivity contribution is -0.137. The van der Waals surface area contributed by atoms with Crippen LogP contribution in [0, 0.1) is 11.6 Å². The largest absolute Gasteiger partial charge is 0.417 e. The number of alkyl halides is 3. The zero-order valence-corrected chi connectivity index (χ0v) is 14.6. The molecule has 3 N–H and O–H groups in total. The van der Waals surface area contributed by atoms with Gasteiger partial charge in [0.25, 0.3) is 5.56 Å². The van der Waals surface area contributed by atoms with Crippen LogP contribution in [0.1, 0.15) is 5.56 Å². The monoisotopic (exact) mass is 418 g/mol. The second-order valence-corrected chi connectivity index (χ2v) is 6.76. The van der Waals surface area contributed by atoms with Crippen LogP contribution in [0.2, 0.25) is 0 Å². The maximum atomic E-state index is 14.4. The maximum absolute atomic E-state index is 14.4. The molecule has 0 amide bonds. The Labute approximate surface area is 157 Å². The van der Waals surface area contributed by atoms with Gasteiger partial charge < -0.3 is 10.1 Å². The minimum atomic E-state index is -4.98. The quantitative estimate of drug-likeness (QED) is 0.449. The lowest BCUT2D eigenvalue weighted by Crippen LogP contribution is -2.23. The molecule has 5 nitrogen and oxygen atoms in total. The topological polar surface area (TPSA) is 85.9 Å². The first kappa shape index (κ1) is 20.1. The number of thioether (sulfide) groups is 1. The molecule has 3 aromatic rings. The molecule has 0 atom stereocenters. The van der Waals surface area contributed by atoms with E-state index in [9.17, 15) is 31.5 Å². The van der Waals surface area contributed by atoms with Gasteiger partial charge in [-0.2, -0.15) is 13.2 Å². The molecule has 0 aliphatic heterocycles. The van der Waals surface area contributed by atoms with Gasteiger partial charge in [0.15, 0.2) is 0 Å². The number of rotatable bonds is 4. The summed E-state index contributed by atoms with van der Waals surface area (Å²) in [5, 5.41) is 8.62. The first-order valence-electron chi connectivity index (χ1n) is 7.73. The zero-order valence-electron chi connectivity index (χ0n) is 13.8. The second kappa shape index (κ2) is 7.40. The van der Waals surface area contributed by atoms with Gasteiger partial charge in [-0.3, -0.25) is 9.78 Å². The van der Waals surface area contributed by atoms with Gasteiger partial charge in [-0.05, 0) is 18.2 Å². The summed E-state index contributed by atoms with van der Waals surface area (Å²) in [5.74, 6) is -2.32. The van der Waals surface area contributed by atoms with E-state index in [0.717, 1.165) is 12.1 Å². The van der Waals surface area contributed by atoms with E-state index in [-0.39, 0.29) is 16.2 Å². The predicted molar refractivity (Wildman–Crippen MR) is 93.4 cm³/mol. The van der Waals surface area contributed by atoms with Crippen LogP contribution in [0.15, 0.2) is 38.8 Å². The van der Waals surface area contributed by atoms with Crippen LogP contribution in [0.3, 0.4) is 0 Å². The lowest BCUT2D eigenvalue weighted by Gasteiger charge is -2.19. The van der Waals surface area contributed by atoms with Gasteiger partial charge in [-0.25, -0.2) is 13.6 Å². The zero-order chi connectivity index (χ0) is 20.6. The number of hydrogen-bond acceptors (Lipinski definition) is 4. The fourth-order valence-corrected chi connectivity index (χ4v) is 3.72. The van der Waals surface area contributed by atoms with Crippen LogP contribution in [0.4, 0.5) is 22.0 Å². The molecule has 11 heteroatoms. The van der Waals surface area contributed by atoms with Crippen LogP contribution in [-0.2, 0) is 6.18 Å². The van der Waals surface area contributed by atoms with Gasteiger partial charge in [0, 0.05) is 27.8 Å². The number of halogens is 5. The van der Waals surface area contributed by atoms with Crippen molar-refractivity contribution in [2.75, 3.05) is 12.4 Å². The summed E-state index contributed by atoms with van der Waals surface area (Å²) < 4.78 is 68.9. The Morgan fingerprint density at radius 3 is 2.39 bits per heavy atom. The minimum Gasteiger partial charge on any atom is -0.396 e. The summed E-state index contributed by atoms with van der Waals surface area (Å²) in [5.41, 5.74) is -4.80. The van der Waals surface area contributed by atoms with Crippen molar-refractivity contribution < 1.29 is 27.1 Å². The van der Waals surface area contributed by atoms with Crippen LogP contribution < -0.4 is 11.2 Å². The smallest absolute Gasteiger partial charge is 0.396 e. The summed E-state index contributed by atoms with van der Waals surface area (Å²) in [4.78, 5) is 27.5. The number of aromatic nitrogens is 2. The van der Waals surface area contributed by atoms with Crippen molar-refractivity contribution in [3.8, 4) is 11.1 Å². The van der Waals surface area contributed by atoms with E-state index in [0.29, 0.717) is 23.9 Å². The Kier molecular flexibility index (Phi) is 5.31. The highest BCUT2D eigenvalue weighted by Gasteiger charge is 2.37. The van der Waals surface area contributed by atoms with Crippen molar-refractivity contribution in [2.45, 2.75) is 11.1 Å². The number of nitrogens with one attached hydrogen (secondary N) is 2. The van der Waals surface area contributed by atoms with E-state index >= 15 is 0 Å². The number of benzene rings is 2. The fourth-order valence-electron chi connectivity index (χ4n) is 2.75. The van der Waals surface area contributed by atoms with E-state index in [4.69, 9.17) is 5.11 Å². The molecule has 2 aromatic carbocycles. The summed E-state index contributed by atoms with van der Waals surface area (Å²) in [6, 6.07) is 2.57. The normalized spacial score (nSPS) is 11.9. The first-order valence-corrected chi connectivity index (χ1v) is 8.71. The van der Waals surface area contributed by atoms with Crippen LogP contribution in [0.5, 0.6) is 0 Å². The van der Waals surface area contributed by atoms with Crippen molar-refractivity contribution in [3.05, 3.63) is 62.3 Å². The Bertz CT molecular complexity index is 1170. The Morgan fingerprint density at radius 1 is 1.07 bits per heavy atom. The van der Waals surface area contributed by atoms with Crippen LogP contribution >= 0.6 is 11.8 Å². The molecule has 0 fully saturated rings. The highest BCUT2D eigenvalue weighted by Crippen LogP contribution is 2.45. The lowest BCUT2D eigenvalue weighted by atomic mass is 9.96. The molecule has 1 heterocycles. The number of H-pyrrole nitrogens is 2. The predicted octanol–water partition coefficient (Wildman–Crippen LogP) is 3.26. The molecule has 3 rings (SSSR count). The molecule has 0 saturated heterocycles. The molecule has 0 radical (unpaired) electrons. The van der Waals surface area contributed by atoms with E-state index in [1.165, 1.54) is 0 Å². The molecule has 0 aliphatic carbocycles. The third kappa shape index (κ3) is 3.67. The highest BCUT2D eigenvalue weighted by atomic mass is 32.2. The number of fused-ring (bicyclic) bond motifs is 1. The Morgan fingerprint density at radius 2 is 1.79 bits per heavy atom. The third-order valence-electron chi connectivity index (χ3n) is 3.84. The van der Waals surface area contributed by atoms with Gasteiger partial charge in [0.2, 0.25) is 0 Å². The average Bonchev–Trinajstić information content (AvgIpc) is 2.58. The van der Waals surface area contributed by atoms with Gasteiger partial charge >= 0.3 is 11.9 Å². The molecular formula is C17H11F5N2O3S. The van der Waals surface area contributed by atoms with E-state index in [1.807, 2.05) is 4.98 Å². The molecule has 148 valence electrons. The van der Waals surface area contributed by atoms with E-state index in [1.54, 1.807) is 0 Å². The van der Waals surface area contributed by atoms with Crippen molar-refractivity contribution in [3.63, 3.8) is 0 Å². The molecule has 0 aliphatic rings. The van der Waals surface area contributed by atoms with Gasteiger partial charge in [0.1, 0.15) is 11.6 Å². The third-order valence-corrected chi connectivity index (χ3v) is 4.92. The second-order valence-electron chi connectivity index (χ2n) is 5.65. The molecule has 0 bridgehead atoms. The van der Waals surface area contributed by atoms with Crippen molar-refractivity contribution in [2.24, 2.45) is 0 Å². The number of aromatic amines is 2. The molecule has 28 heavy (non-hydrogen) atoms. The van der Waals surface area contributed by atoms with Crippen LogP contribution in [-0.4, -0.2) is 27.4 Å². The first-order chi connectivity index (χ1) is 13.1. The van der Waals surface area contributed by atoms with Gasteiger partial charge in [-0.1, -0.05) is 0 Å². The molecule has 1 aromatic heterocycles. The highest BCUT2D eigenvalue weighted by molar-refractivity contribution is 7.99. The van der Waals surface area contributed by atoms with Crippen molar-refractivity contribution in [1.29, 1.82) is 0 Å². The van der Waals surface area contributed by atoms with E-state index in [2.05, 4.69) is 4.98 Å². The SMILES string of the molecule is O=c1[nH]c(=O)c2cc(C(F)(F)F)c(-c3ccc(F)cc3F)c(SCCO)c2[nH]1. The Balaban J connectivity index is 2.54. The number of aliphatic hydroxyl groups excluding tert-OH is 1. The van der Waals surface area contributed by atoms with Gasteiger partial charge in [-0.15, -0.1) is 11.8 Å². The summed E-state index contributed by atoms with van der Waals surface area (Å²) in [6.07, 6.45) is -4.98. The minimum absolute atomic E-state index is 0.0962. The molecule has 0 spiro atoms. The Hall–Kier alpha value is -2.66. The summed E-state index contributed by atoms with van der Waals surface area (Å²) in [7, 11) is 0. The van der Waals surface area contributed by atoms with Crippen LogP contribution in [0.25, 0.3) is 22.0 Å². The average molecular weight is 418 g/mol. The van der Waals surface area contributed by atoms with Gasteiger partial charge in [0.05, 0.1) is 23.1 Å². The van der Waals surface area contributed by atoms with Crippen molar-refractivity contribution >= 4 is 22.7 Å². The number of hydrogen-bond donors (Lipinski definition) is 3. The standard InChI is InChI=1S/C17H11F5N2O3S/c18-7-1-2-8(11(19)5-7)12-10(17(20,21)22)6-9-13(14(12)28-4-3-25)23-16(27)24-15(9)26/h1-2,5-6,25H,3-4H2,(H2,23,24,26,27).